The van der Waals surface area contributed by atoms with Gasteiger partial charge in [0.05, 0.1) is 24.6 Å². The second kappa shape index (κ2) is 9.37. The molecule has 2 N–H and O–H groups in total. The molecule has 1 fully saturated rings. The maximum absolute atomic E-state index is 13.0. The lowest BCUT2D eigenvalue weighted by molar-refractivity contribution is -0.135. The molecule has 11 nitrogen and oxygen atoms in total. The van der Waals surface area contributed by atoms with E-state index in [0.717, 1.165) is 31.0 Å². The third-order valence-corrected chi connectivity index (χ3v) is 5.36. The first-order valence-electron chi connectivity index (χ1n) is 10.5. The van der Waals surface area contributed by atoms with Crippen LogP contribution in [0.3, 0.4) is 0 Å². The Hall–Kier alpha value is -3.44. The number of ether oxygens (including phenoxy) is 1. The van der Waals surface area contributed by atoms with Gasteiger partial charge in [-0.2, -0.15) is 5.01 Å². The number of hydrogen-bond donors (Lipinski definition) is 2. The maximum Gasteiger partial charge on any atom is 0.322 e. The van der Waals surface area contributed by atoms with Gasteiger partial charge in [-0.15, -0.1) is 5.17 Å². The van der Waals surface area contributed by atoms with Crippen LogP contribution in [-0.4, -0.2) is 66.7 Å². The fourth-order valence-electron chi connectivity index (χ4n) is 3.92. The molecule has 3 heterocycles. The number of piperazine rings is 1. The molecular weight excluding hydrogens is 414 g/mol. The standard InChI is InChI=1S/C21H27N7O4/c1-4-31-18-8-17-15(12-26(3)28(17)32-13-29)7-16(18)21(30)25-19-9-24-20(10-23-19)27-6-5-22-14(2)11-27/h7-10,13-14,22H,4-6,11-12H2,1-3H3,(H,23,25,30)/t14-/m0/s1. The van der Waals surface area contributed by atoms with Gasteiger partial charge in [0.2, 0.25) is 0 Å². The number of aromatic nitrogens is 2. The molecule has 0 bridgehead atoms. The van der Waals surface area contributed by atoms with Gasteiger partial charge in [0, 0.05) is 45.3 Å². The fourth-order valence-corrected chi connectivity index (χ4v) is 3.92. The molecule has 1 saturated heterocycles. The molecule has 32 heavy (non-hydrogen) atoms. The van der Waals surface area contributed by atoms with Crippen LogP contribution in [0.5, 0.6) is 5.75 Å². The minimum absolute atomic E-state index is 0.355. The van der Waals surface area contributed by atoms with Crippen LogP contribution in [0, 0.1) is 0 Å². The first-order valence-corrected chi connectivity index (χ1v) is 10.5. The Kier molecular flexibility index (Phi) is 6.37. The molecule has 2 aliphatic heterocycles. The van der Waals surface area contributed by atoms with Gasteiger partial charge in [0.15, 0.2) is 5.82 Å². The number of nitrogens with zero attached hydrogens (tertiary/aromatic N) is 5. The first kappa shape index (κ1) is 21.8. The van der Waals surface area contributed by atoms with Gasteiger partial charge in [0.1, 0.15) is 17.3 Å². The van der Waals surface area contributed by atoms with Crippen LogP contribution >= 0.6 is 0 Å². The molecule has 1 atom stereocenters. The van der Waals surface area contributed by atoms with Crippen molar-refractivity contribution in [3.05, 3.63) is 35.7 Å². The number of nitrogens with one attached hydrogen (secondary N) is 2. The Morgan fingerprint density at radius 3 is 2.88 bits per heavy atom. The largest absolute Gasteiger partial charge is 0.493 e. The van der Waals surface area contributed by atoms with Crippen LogP contribution in [-0.2, 0) is 16.2 Å². The van der Waals surface area contributed by atoms with E-state index in [9.17, 15) is 9.59 Å². The Morgan fingerprint density at radius 2 is 2.19 bits per heavy atom. The summed E-state index contributed by atoms with van der Waals surface area (Å²) < 4.78 is 5.69. The van der Waals surface area contributed by atoms with Crippen molar-refractivity contribution in [1.29, 1.82) is 0 Å². The Balaban J connectivity index is 1.53. The van der Waals surface area contributed by atoms with E-state index in [2.05, 4.69) is 32.4 Å². The highest BCUT2D eigenvalue weighted by atomic mass is 16.7. The lowest BCUT2D eigenvalue weighted by Crippen LogP contribution is -2.49. The number of carbonyl (C=O) groups is 2. The van der Waals surface area contributed by atoms with Crippen molar-refractivity contribution in [2.24, 2.45) is 0 Å². The molecule has 2 aromatic rings. The summed E-state index contributed by atoms with van der Waals surface area (Å²) in [7, 11) is 1.78. The topological polar surface area (TPSA) is 112 Å². The van der Waals surface area contributed by atoms with Crippen molar-refractivity contribution in [3.63, 3.8) is 0 Å². The summed E-state index contributed by atoms with van der Waals surface area (Å²) in [6.07, 6.45) is 3.23. The summed E-state index contributed by atoms with van der Waals surface area (Å²) in [5, 5.41) is 9.28. The molecule has 0 unspecified atom stereocenters. The first-order chi connectivity index (χ1) is 15.5. The minimum Gasteiger partial charge on any atom is -0.493 e. The van der Waals surface area contributed by atoms with E-state index in [1.165, 1.54) is 5.17 Å². The van der Waals surface area contributed by atoms with Crippen molar-refractivity contribution in [1.82, 2.24) is 20.3 Å². The Morgan fingerprint density at radius 1 is 1.34 bits per heavy atom. The monoisotopic (exact) mass is 441 g/mol. The smallest absolute Gasteiger partial charge is 0.322 e. The molecule has 0 saturated carbocycles. The quantitative estimate of drug-likeness (QED) is 0.608. The summed E-state index contributed by atoms with van der Waals surface area (Å²) in [6, 6.07) is 3.82. The predicted molar refractivity (Wildman–Crippen MR) is 118 cm³/mol. The maximum atomic E-state index is 13.0. The SMILES string of the molecule is CCOc1cc2c(cc1C(=O)Nc1cnc(N3CCN[C@@H](C)C3)cn1)CN(C)N2OC=O. The zero-order valence-corrected chi connectivity index (χ0v) is 18.4. The highest BCUT2D eigenvalue weighted by Gasteiger charge is 2.29. The highest BCUT2D eigenvalue weighted by molar-refractivity contribution is 6.06. The van der Waals surface area contributed by atoms with Gasteiger partial charge in [-0.3, -0.25) is 9.59 Å². The Labute approximate surface area is 186 Å². The average Bonchev–Trinajstić information content (AvgIpc) is 3.08. The summed E-state index contributed by atoms with van der Waals surface area (Å²) in [4.78, 5) is 39.9. The summed E-state index contributed by atoms with van der Waals surface area (Å²) in [5.41, 5.74) is 1.85. The van der Waals surface area contributed by atoms with Gasteiger partial charge < -0.3 is 25.1 Å². The van der Waals surface area contributed by atoms with Crippen molar-refractivity contribution in [2.45, 2.75) is 26.4 Å². The lowest BCUT2D eigenvalue weighted by Gasteiger charge is -2.32. The van der Waals surface area contributed by atoms with Crippen molar-refractivity contribution in [2.75, 3.05) is 48.7 Å². The molecule has 170 valence electrons. The van der Waals surface area contributed by atoms with Gasteiger partial charge in [0.25, 0.3) is 5.91 Å². The number of carbonyl (C=O) groups excluding carboxylic acids is 2. The van der Waals surface area contributed by atoms with Crippen LogP contribution in [0.25, 0.3) is 0 Å². The molecule has 1 aromatic carbocycles. The lowest BCUT2D eigenvalue weighted by atomic mass is 10.1. The van der Waals surface area contributed by atoms with Crippen LogP contribution in [0.15, 0.2) is 24.5 Å². The van der Waals surface area contributed by atoms with Crippen LogP contribution in [0.4, 0.5) is 17.3 Å². The molecule has 0 radical (unpaired) electrons. The Bertz CT molecular complexity index is 985. The normalized spacial score (nSPS) is 18.3. The van der Waals surface area contributed by atoms with Crippen LogP contribution in [0.2, 0.25) is 0 Å². The number of amides is 1. The van der Waals surface area contributed by atoms with Gasteiger partial charge in [-0.05, 0) is 25.5 Å². The number of hydrogen-bond acceptors (Lipinski definition) is 10. The summed E-state index contributed by atoms with van der Waals surface area (Å²) >= 11 is 0. The molecule has 0 aliphatic carbocycles. The number of benzene rings is 1. The van der Waals surface area contributed by atoms with E-state index in [4.69, 9.17) is 9.57 Å². The van der Waals surface area contributed by atoms with Crippen molar-refractivity contribution >= 4 is 29.7 Å². The second-order valence-corrected chi connectivity index (χ2v) is 7.72. The van der Waals surface area contributed by atoms with E-state index in [-0.39, 0.29) is 5.91 Å². The minimum atomic E-state index is -0.355. The number of rotatable bonds is 7. The average molecular weight is 441 g/mol. The van der Waals surface area contributed by atoms with Gasteiger partial charge in [-0.1, -0.05) is 0 Å². The molecule has 2 aliphatic rings. The van der Waals surface area contributed by atoms with E-state index in [1.54, 1.807) is 36.6 Å². The van der Waals surface area contributed by atoms with E-state index < -0.39 is 0 Å². The summed E-state index contributed by atoms with van der Waals surface area (Å²) in [6.45, 7) is 7.78. The predicted octanol–water partition coefficient (Wildman–Crippen LogP) is 1.18. The molecule has 11 heteroatoms. The second-order valence-electron chi connectivity index (χ2n) is 7.72. The van der Waals surface area contributed by atoms with E-state index in [0.29, 0.717) is 48.5 Å². The number of hydrazine groups is 1. The molecule has 1 aromatic heterocycles. The van der Waals surface area contributed by atoms with Crippen LogP contribution < -0.4 is 25.4 Å². The van der Waals surface area contributed by atoms with Crippen molar-refractivity contribution < 1.29 is 19.2 Å². The zero-order valence-electron chi connectivity index (χ0n) is 18.4. The van der Waals surface area contributed by atoms with Crippen molar-refractivity contribution in [3.8, 4) is 5.75 Å². The van der Waals surface area contributed by atoms with E-state index >= 15 is 0 Å². The number of anilines is 3. The molecule has 4 rings (SSSR count). The van der Waals surface area contributed by atoms with Crippen LogP contribution in [0.1, 0.15) is 29.8 Å². The number of fused-ring (bicyclic) bond motifs is 1. The third-order valence-electron chi connectivity index (χ3n) is 5.36. The fraction of sp³-hybridized carbons (Fsp3) is 0.429. The van der Waals surface area contributed by atoms with E-state index in [1.807, 2.05) is 6.92 Å². The molecular formula is C21H27N7O4. The van der Waals surface area contributed by atoms with Gasteiger partial charge in [-0.25, -0.2) is 9.97 Å². The summed E-state index contributed by atoms with van der Waals surface area (Å²) in [5.74, 6) is 1.17. The zero-order chi connectivity index (χ0) is 22.7. The highest BCUT2D eigenvalue weighted by Crippen LogP contribution is 2.36. The van der Waals surface area contributed by atoms with Gasteiger partial charge >= 0.3 is 6.47 Å². The molecule has 1 amide bonds. The molecule has 0 spiro atoms. The third kappa shape index (κ3) is 4.43.